The van der Waals surface area contributed by atoms with Crippen LogP contribution in [0.3, 0.4) is 0 Å². The highest BCUT2D eigenvalue weighted by Gasteiger charge is 2.44. The molecule has 1 atom stereocenters. The standard InChI is InChI=1S/C23H18N2O3S/c1-12-4-6-15(7-5-12)19-18-20(26)16-10-13(2)14(3)11-17(16)28-21(18)22(27)25(19)23-24-8-9-29-23/h4-11,19H,1-3H3/t19-/m1/s1. The van der Waals surface area contributed by atoms with Gasteiger partial charge < -0.3 is 4.42 Å². The van der Waals surface area contributed by atoms with Gasteiger partial charge in [0.05, 0.1) is 17.0 Å². The number of hydrogen-bond acceptors (Lipinski definition) is 5. The minimum Gasteiger partial charge on any atom is -0.450 e. The van der Waals surface area contributed by atoms with E-state index in [4.69, 9.17) is 4.42 Å². The van der Waals surface area contributed by atoms with Crippen molar-refractivity contribution in [3.8, 4) is 0 Å². The van der Waals surface area contributed by atoms with E-state index in [2.05, 4.69) is 4.98 Å². The minimum atomic E-state index is -0.563. The Morgan fingerprint density at radius 1 is 1.03 bits per heavy atom. The SMILES string of the molecule is Cc1ccc([C@@H]2c3c(oc4cc(C)c(C)cc4c3=O)C(=O)N2c2nccs2)cc1. The Balaban J connectivity index is 1.84. The summed E-state index contributed by atoms with van der Waals surface area (Å²) in [6.07, 6.45) is 1.65. The highest BCUT2D eigenvalue weighted by atomic mass is 32.1. The van der Waals surface area contributed by atoms with Gasteiger partial charge in [-0.15, -0.1) is 11.3 Å². The monoisotopic (exact) mass is 402 g/mol. The molecule has 0 aliphatic carbocycles. The van der Waals surface area contributed by atoms with Crippen LogP contribution in [0.5, 0.6) is 0 Å². The molecule has 5 rings (SSSR count). The number of aryl methyl sites for hydroxylation is 3. The maximum atomic E-state index is 13.5. The number of rotatable bonds is 2. The molecule has 4 aromatic rings. The second-order valence-corrected chi connectivity index (χ2v) is 8.28. The molecule has 0 saturated heterocycles. The van der Waals surface area contributed by atoms with Crippen LogP contribution in [0.1, 0.15) is 44.4 Å². The van der Waals surface area contributed by atoms with E-state index in [0.717, 1.165) is 22.3 Å². The van der Waals surface area contributed by atoms with Crippen LogP contribution in [0.15, 0.2) is 57.2 Å². The van der Waals surface area contributed by atoms with E-state index in [1.54, 1.807) is 11.1 Å². The van der Waals surface area contributed by atoms with Gasteiger partial charge in [0.25, 0.3) is 5.91 Å². The van der Waals surface area contributed by atoms with E-state index in [1.807, 2.05) is 62.5 Å². The Kier molecular flexibility index (Phi) is 3.93. The van der Waals surface area contributed by atoms with Crippen molar-refractivity contribution in [2.45, 2.75) is 26.8 Å². The maximum Gasteiger partial charge on any atom is 0.297 e. The maximum absolute atomic E-state index is 13.5. The van der Waals surface area contributed by atoms with Gasteiger partial charge in [-0.25, -0.2) is 4.98 Å². The largest absolute Gasteiger partial charge is 0.450 e. The van der Waals surface area contributed by atoms with E-state index in [-0.39, 0.29) is 17.1 Å². The molecule has 5 nitrogen and oxygen atoms in total. The first-order valence-electron chi connectivity index (χ1n) is 9.33. The quantitative estimate of drug-likeness (QED) is 0.477. The minimum absolute atomic E-state index is 0.103. The van der Waals surface area contributed by atoms with Crippen molar-refractivity contribution in [3.05, 3.63) is 91.8 Å². The third-order valence-corrected chi connectivity index (χ3v) is 6.28. The van der Waals surface area contributed by atoms with Crippen LogP contribution in [-0.4, -0.2) is 10.9 Å². The van der Waals surface area contributed by atoms with Gasteiger partial charge in [-0.3, -0.25) is 14.5 Å². The Hall–Kier alpha value is -3.25. The average Bonchev–Trinajstić information content (AvgIpc) is 3.31. The Labute approximate surface area is 171 Å². The molecule has 1 aliphatic rings. The van der Waals surface area contributed by atoms with Crippen molar-refractivity contribution in [2.24, 2.45) is 0 Å². The molecule has 0 unspecified atom stereocenters. The second-order valence-electron chi connectivity index (χ2n) is 7.41. The lowest BCUT2D eigenvalue weighted by atomic mass is 9.97. The third kappa shape index (κ3) is 2.63. The summed E-state index contributed by atoms with van der Waals surface area (Å²) < 4.78 is 6.02. The van der Waals surface area contributed by atoms with Gasteiger partial charge in [-0.2, -0.15) is 0 Å². The zero-order chi connectivity index (χ0) is 20.3. The number of carbonyl (C=O) groups is 1. The topological polar surface area (TPSA) is 63.4 Å². The molecule has 2 aromatic heterocycles. The highest BCUT2D eigenvalue weighted by molar-refractivity contribution is 7.13. The Bertz CT molecular complexity index is 1320. The summed E-state index contributed by atoms with van der Waals surface area (Å²) in [4.78, 5) is 32.8. The molecule has 0 saturated carbocycles. The van der Waals surface area contributed by atoms with Crippen molar-refractivity contribution in [1.29, 1.82) is 0 Å². The summed E-state index contributed by atoms with van der Waals surface area (Å²) in [6.45, 7) is 5.93. The zero-order valence-electron chi connectivity index (χ0n) is 16.2. The number of nitrogens with zero attached hydrogens (tertiary/aromatic N) is 2. The molecule has 144 valence electrons. The zero-order valence-corrected chi connectivity index (χ0v) is 17.0. The van der Waals surface area contributed by atoms with E-state index in [0.29, 0.717) is 21.7 Å². The van der Waals surface area contributed by atoms with Gasteiger partial charge in [0.1, 0.15) is 5.58 Å². The van der Waals surface area contributed by atoms with E-state index >= 15 is 0 Å². The van der Waals surface area contributed by atoms with Crippen molar-refractivity contribution < 1.29 is 9.21 Å². The van der Waals surface area contributed by atoms with Crippen LogP contribution < -0.4 is 10.3 Å². The Morgan fingerprint density at radius 3 is 2.45 bits per heavy atom. The van der Waals surface area contributed by atoms with Gasteiger partial charge in [-0.05, 0) is 49.6 Å². The van der Waals surface area contributed by atoms with Crippen LogP contribution in [0.4, 0.5) is 5.13 Å². The number of anilines is 1. The number of aromatic nitrogens is 1. The van der Waals surface area contributed by atoms with Crippen molar-refractivity contribution in [2.75, 3.05) is 4.90 Å². The van der Waals surface area contributed by atoms with Crippen LogP contribution in [0.25, 0.3) is 11.0 Å². The first kappa shape index (κ1) is 17.8. The molecule has 0 fully saturated rings. The molecule has 2 aromatic carbocycles. The first-order valence-corrected chi connectivity index (χ1v) is 10.2. The number of hydrogen-bond donors (Lipinski definition) is 0. The van der Waals surface area contributed by atoms with Crippen LogP contribution in [-0.2, 0) is 0 Å². The fourth-order valence-electron chi connectivity index (χ4n) is 3.82. The van der Waals surface area contributed by atoms with Crippen LogP contribution in [0.2, 0.25) is 0 Å². The molecular weight excluding hydrogens is 384 g/mol. The van der Waals surface area contributed by atoms with Crippen LogP contribution >= 0.6 is 11.3 Å². The van der Waals surface area contributed by atoms with Crippen molar-refractivity contribution in [1.82, 2.24) is 4.98 Å². The molecule has 29 heavy (non-hydrogen) atoms. The van der Waals surface area contributed by atoms with Crippen LogP contribution in [0, 0.1) is 20.8 Å². The lowest BCUT2D eigenvalue weighted by Crippen LogP contribution is -2.29. The second kappa shape index (κ2) is 6.39. The number of benzene rings is 2. The molecule has 1 aliphatic heterocycles. The fraction of sp³-hybridized carbons (Fsp3) is 0.174. The Morgan fingerprint density at radius 2 is 1.76 bits per heavy atom. The van der Waals surface area contributed by atoms with Gasteiger partial charge in [0, 0.05) is 11.6 Å². The lowest BCUT2D eigenvalue weighted by molar-refractivity contribution is 0.0971. The molecule has 0 radical (unpaired) electrons. The molecular formula is C23H18N2O3S. The normalized spacial score (nSPS) is 15.9. The number of amides is 1. The number of thiazole rings is 1. The van der Waals surface area contributed by atoms with Gasteiger partial charge in [0.2, 0.25) is 5.76 Å². The molecule has 0 N–H and O–H groups in total. The molecule has 0 bridgehead atoms. The smallest absolute Gasteiger partial charge is 0.297 e. The third-order valence-electron chi connectivity index (χ3n) is 5.50. The number of fused-ring (bicyclic) bond motifs is 2. The summed E-state index contributed by atoms with van der Waals surface area (Å²) in [5.74, 6) is -0.232. The summed E-state index contributed by atoms with van der Waals surface area (Å²) in [6, 6.07) is 11.0. The molecule has 1 amide bonds. The highest BCUT2D eigenvalue weighted by Crippen LogP contribution is 2.41. The predicted octanol–water partition coefficient (Wildman–Crippen LogP) is 4.92. The predicted molar refractivity (Wildman–Crippen MR) is 114 cm³/mol. The summed E-state index contributed by atoms with van der Waals surface area (Å²) in [5, 5.41) is 2.86. The summed E-state index contributed by atoms with van der Waals surface area (Å²) >= 11 is 1.36. The van der Waals surface area contributed by atoms with E-state index < -0.39 is 6.04 Å². The first-order chi connectivity index (χ1) is 14.0. The number of carbonyl (C=O) groups excluding carboxylic acids is 1. The molecule has 0 spiro atoms. The van der Waals surface area contributed by atoms with Crippen molar-refractivity contribution >= 4 is 33.3 Å². The average molecular weight is 402 g/mol. The van der Waals surface area contributed by atoms with Crippen molar-refractivity contribution in [3.63, 3.8) is 0 Å². The summed E-state index contributed by atoms with van der Waals surface area (Å²) in [7, 11) is 0. The molecule has 3 heterocycles. The fourth-order valence-corrected chi connectivity index (χ4v) is 4.49. The van der Waals surface area contributed by atoms with Gasteiger partial charge >= 0.3 is 0 Å². The van der Waals surface area contributed by atoms with E-state index in [1.165, 1.54) is 11.3 Å². The molecule has 6 heteroatoms. The summed E-state index contributed by atoms with van der Waals surface area (Å²) in [5.41, 5.74) is 4.64. The van der Waals surface area contributed by atoms with E-state index in [9.17, 15) is 9.59 Å². The van der Waals surface area contributed by atoms with Gasteiger partial charge in [-0.1, -0.05) is 29.8 Å². The lowest BCUT2D eigenvalue weighted by Gasteiger charge is -2.22. The van der Waals surface area contributed by atoms with Gasteiger partial charge in [0.15, 0.2) is 10.6 Å².